The summed E-state index contributed by atoms with van der Waals surface area (Å²) in [6.07, 6.45) is -0.00245. The molecule has 2 rings (SSSR count). The molecule has 0 fully saturated rings. The molecule has 8 heteroatoms. The number of rotatable bonds is 6. The molecule has 0 radical (unpaired) electrons. The van der Waals surface area contributed by atoms with Gasteiger partial charge >= 0.3 is 0 Å². The van der Waals surface area contributed by atoms with Gasteiger partial charge in [-0.1, -0.05) is 17.7 Å². The summed E-state index contributed by atoms with van der Waals surface area (Å²) in [5.41, 5.74) is 4.99. The first-order chi connectivity index (χ1) is 12.3. The van der Waals surface area contributed by atoms with Gasteiger partial charge in [0.25, 0.3) is 11.8 Å². The van der Waals surface area contributed by atoms with Crippen molar-refractivity contribution in [3.63, 3.8) is 0 Å². The molecule has 6 nitrogen and oxygen atoms in total. The van der Waals surface area contributed by atoms with Gasteiger partial charge in [-0.25, -0.2) is 0 Å². The Morgan fingerprint density at radius 2 is 1.92 bits per heavy atom. The van der Waals surface area contributed by atoms with Crippen LogP contribution in [0.1, 0.15) is 24.2 Å². The molecule has 0 atom stereocenters. The van der Waals surface area contributed by atoms with Crippen LogP contribution in [0.4, 0.5) is 0 Å². The van der Waals surface area contributed by atoms with E-state index in [4.69, 9.17) is 21.1 Å². The highest BCUT2D eigenvalue weighted by Gasteiger charge is 2.10. The average Bonchev–Trinajstić information content (AvgIpc) is 2.58. The van der Waals surface area contributed by atoms with Crippen molar-refractivity contribution < 1.29 is 19.1 Å². The Morgan fingerprint density at radius 1 is 1.15 bits per heavy atom. The number of carbonyl (C=O) groups excluding carboxylic acids is 2. The molecule has 2 N–H and O–H groups in total. The lowest BCUT2D eigenvalue weighted by molar-refractivity contribution is -0.123. The molecule has 2 amide bonds. The number of hydrogen-bond acceptors (Lipinski definition) is 4. The van der Waals surface area contributed by atoms with Gasteiger partial charge in [0.2, 0.25) is 0 Å². The van der Waals surface area contributed by atoms with E-state index < -0.39 is 11.8 Å². The van der Waals surface area contributed by atoms with Crippen LogP contribution in [-0.2, 0) is 4.79 Å². The topological polar surface area (TPSA) is 76.7 Å². The van der Waals surface area contributed by atoms with E-state index in [1.165, 1.54) is 0 Å². The van der Waals surface area contributed by atoms with Crippen LogP contribution in [0.5, 0.6) is 11.5 Å². The summed E-state index contributed by atoms with van der Waals surface area (Å²) in [4.78, 5) is 23.9. The summed E-state index contributed by atoms with van der Waals surface area (Å²) in [5.74, 6) is 0.0827. The number of ether oxygens (including phenoxy) is 2. The molecule has 0 aliphatic carbocycles. The Bertz CT molecular complexity index is 799. The van der Waals surface area contributed by atoms with E-state index in [0.29, 0.717) is 26.6 Å². The summed E-state index contributed by atoms with van der Waals surface area (Å²) >= 11 is 9.13. The van der Waals surface area contributed by atoms with Gasteiger partial charge < -0.3 is 9.47 Å². The third kappa shape index (κ3) is 6.24. The van der Waals surface area contributed by atoms with Crippen LogP contribution in [0.3, 0.4) is 0 Å². The van der Waals surface area contributed by atoms with Gasteiger partial charge in [0.15, 0.2) is 6.61 Å². The maximum Gasteiger partial charge on any atom is 0.276 e. The second-order valence-corrected chi connectivity index (χ2v) is 6.85. The first-order valence-electron chi connectivity index (χ1n) is 7.79. The van der Waals surface area contributed by atoms with E-state index in [1.54, 1.807) is 42.5 Å². The monoisotopic (exact) mass is 440 g/mol. The normalized spacial score (nSPS) is 10.3. The molecule has 0 spiro atoms. The molecule has 26 heavy (non-hydrogen) atoms. The van der Waals surface area contributed by atoms with Crippen LogP contribution in [0.15, 0.2) is 46.9 Å². The number of amides is 2. The smallest absolute Gasteiger partial charge is 0.276 e. The Hall–Kier alpha value is -2.25. The Balaban J connectivity index is 1.84. The van der Waals surface area contributed by atoms with E-state index in [9.17, 15) is 9.59 Å². The standard InChI is InChI=1S/C18H18BrClN2O4/c1-11(2)26-14-5-3-4-12(8-14)18(24)22-21-17(23)10-25-16-7-6-13(20)9-15(16)19/h3-9,11H,10H2,1-2H3,(H,21,23)(H,22,24). The SMILES string of the molecule is CC(C)Oc1cccc(C(=O)NNC(=O)COc2ccc(Cl)cc2Br)c1. The maximum absolute atomic E-state index is 12.1. The lowest BCUT2D eigenvalue weighted by atomic mass is 10.2. The number of nitrogens with one attached hydrogen (secondary N) is 2. The highest BCUT2D eigenvalue weighted by molar-refractivity contribution is 9.10. The third-order valence-electron chi connectivity index (χ3n) is 3.04. The van der Waals surface area contributed by atoms with E-state index in [1.807, 2.05) is 13.8 Å². The maximum atomic E-state index is 12.1. The molecular formula is C18H18BrClN2O4. The van der Waals surface area contributed by atoms with Crippen LogP contribution in [-0.4, -0.2) is 24.5 Å². The molecule has 2 aromatic carbocycles. The lowest BCUT2D eigenvalue weighted by Crippen LogP contribution is -2.43. The molecule has 2 aromatic rings. The largest absolute Gasteiger partial charge is 0.491 e. The molecule has 0 aromatic heterocycles. The van der Waals surface area contributed by atoms with Crippen LogP contribution in [0, 0.1) is 0 Å². The van der Waals surface area contributed by atoms with Crippen LogP contribution >= 0.6 is 27.5 Å². The summed E-state index contributed by atoms with van der Waals surface area (Å²) in [7, 11) is 0. The first-order valence-corrected chi connectivity index (χ1v) is 8.96. The quantitative estimate of drug-likeness (QED) is 0.670. The Labute approximate surface area is 164 Å². The number of hydrazine groups is 1. The molecule has 138 valence electrons. The highest BCUT2D eigenvalue weighted by atomic mass is 79.9. The zero-order valence-corrected chi connectivity index (χ0v) is 16.6. The lowest BCUT2D eigenvalue weighted by Gasteiger charge is -2.12. The number of carbonyl (C=O) groups is 2. The fourth-order valence-corrected chi connectivity index (χ4v) is 2.75. The molecule has 0 saturated heterocycles. The van der Waals surface area contributed by atoms with Crippen molar-refractivity contribution in [1.82, 2.24) is 10.9 Å². The predicted octanol–water partition coefficient (Wildman–Crippen LogP) is 3.73. The van der Waals surface area contributed by atoms with Crippen molar-refractivity contribution in [2.24, 2.45) is 0 Å². The van der Waals surface area contributed by atoms with E-state index in [-0.39, 0.29) is 12.7 Å². The minimum absolute atomic E-state index is 0.00245. The fourth-order valence-electron chi connectivity index (χ4n) is 1.95. The molecule has 0 unspecified atom stereocenters. The molecule has 0 aliphatic rings. The van der Waals surface area contributed by atoms with Crippen LogP contribution in [0.25, 0.3) is 0 Å². The summed E-state index contributed by atoms with van der Waals surface area (Å²) in [6, 6.07) is 11.6. The van der Waals surface area contributed by atoms with Crippen molar-refractivity contribution in [2.75, 3.05) is 6.61 Å². The van der Waals surface area contributed by atoms with Crippen molar-refractivity contribution in [3.8, 4) is 11.5 Å². The Kier molecular flexibility index (Phi) is 7.29. The zero-order valence-electron chi connectivity index (χ0n) is 14.2. The number of halogens is 2. The average molecular weight is 442 g/mol. The number of benzene rings is 2. The first kappa shape index (κ1) is 20.1. The van der Waals surface area contributed by atoms with Crippen LogP contribution < -0.4 is 20.3 Å². The molecule has 0 heterocycles. The number of hydrogen-bond donors (Lipinski definition) is 2. The summed E-state index contributed by atoms with van der Waals surface area (Å²) in [6.45, 7) is 3.52. The van der Waals surface area contributed by atoms with E-state index in [2.05, 4.69) is 26.8 Å². The van der Waals surface area contributed by atoms with Gasteiger partial charge in [0.1, 0.15) is 11.5 Å². The second-order valence-electron chi connectivity index (χ2n) is 5.56. The zero-order chi connectivity index (χ0) is 19.1. The van der Waals surface area contributed by atoms with Gasteiger partial charge in [-0.15, -0.1) is 0 Å². The summed E-state index contributed by atoms with van der Waals surface area (Å²) in [5, 5.41) is 0.546. The minimum atomic E-state index is -0.505. The minimum Gasteiger partial charge on any atom is -0.491 e. The van der Waals surface area contributed by atoms with Gasteiger partial charge in [-0.3, -0.25) is 20.4 Å². The van der Waals surface area contributed by atoms with Gasteiger partial charge in [-0.2, -0.15) is 0 Å². The van der Waals surface area contributed by atoms with Crippen LogP contribution in [0.2, 0.25) is 5.02 Å². The van der Waals surface area contributed by atoms with Crippen molar-refractivity contribution in [3.05, 3.63) is 57.5 Å². The highest BCUT2D eigenvalue weighted by Crippen LogP contribution is 2.27. The fraction of sp³-hybridized carbons (Fsp3) is 0.222. The molecule has 0 aliphatic heterocycles. The second kappa shape index (κ2) is 9.45. The van der Waals surface area contributed by atoms with Gasteiger partial charge in [-0.05, 0) is 66.2 Å². The van der Waals surface area contributed by atoms with Crippen molar-refractivity contribution in [2.45, 2.75) is 20.0 Å². The molecular weight excluding hydrogens is 424 g/mol. The van der Waals surface area contributed by atoms with Crippen molar-refractivity contribution >= 4 is 39.3 Å². The van der Waals surface area contributed by atoms with Gasteiger partial charge in [0.05, 0.1) is 10.6 Å². The van der Waals surface area contributed by atoms with Gasteiger partial charge in [0, 0.05) is 10.6 Å². The molecule has 0 bridgehead atoms. The predicted molar refractivity (Wildman–Crippen MR) is 102 cm³/mol. The Morgan fingerprint density at radius 3 is 2.62 bits per heavy atom. The van der Waals surface area contributed by atoms with E-state index >= 15 is 0 Å². The third-order valence-corrected chi connectivity index (χ3v) is 3.89. The van der Waals surface area contributed by atoms with Crippen molar-refractivity contribution in [1.29, 1.82) is 0 Å². The molecule has 0 saturated carbocycles. The summed E-state index contributed by atoms with van der Waals surface area (Å²) < 4.78 is 11.5. The van der Waals surface area contributed by atoms with E-state index in [0.717, 1.165) is 0 Å².